The Morgan fingerprint density at radius 1 is 0.724 bits per heavy atom. The molecule has 11 heteroatoms. The molecular weight excluding hydrogens is 747 g/mol. The summed E-state index contributed by atoms with van der Waals surface area (Å²) >= 11 is 4.63. The van der Waals surface area contributed by atoms with Crippen LogP contribution in [0.2, 0.25) is 0 Å². The van der Waals surface area contributed by atoms with E-state index in [1.54, 1.807) is 6.92 Å². The molecule has 0 saturated carbocycles. The minimum atomic E-state index is -0.832. The van der Waals surface area contributed by atoms with Crippen molar-refractivity contribution in [1.82, 2.24) is 21.3 Å². The number of anilines is 1. The number of ether oxygens (including phenoxy) is 1. The monoisotopic (exact) mass is 820 g/mol. The van der Waals surface area contributed by atoms with Crippen molar-refractivity contribution in [2.45, 2.75) is 119 Å². The molecule has 1 unspecified atom stereocenters. The largest absolute Gasteiger partial charge is 0.388 e. The van der Waals surface area contributed by atoms with Gasteiger partial charge in [-0.3, -0.25) is 19.2 Å². The molecule has 1 aliphatic rings. The lowest BCUT2D eigenvalue weighted by atomic mass is 9.94. The third kappa shape index (κ3) is 25.6. The van der Waals surface area contributed by atoms with Crippen LogP contribution in [0.5, 0.6) is 0 Å². The summed E-state index contributed by atoms with van der Waals surface area (Å²) in [5, 5.41) is 13.6. The van der Waals surface area contributed by atoms with Crippen molar-refractivity contribution in [2.75, 3.05) is 32.1 Å². The van der Waals surface area contributed by atoms with Crippen LogP contribution in [0.25, 0.3) is 0 Å². The Balaban J connectivity index is 0.000000986. The number of ketones is 1. The van der Waals surface area contributed by atoms with Gasteiger partial charge in [0.05, 0.1) is 31.2 Å². The van der Waals surface area contributed by atoms with Crippen LogP contribution in [0.1, 0.15) is 97.8 Å². The topological polar surface area (TPSA) is 141 Å². The fourth-order valence-electron chi connectivity index (χ4n) is 5.04. The van der Waals surface area contributed by atoms with E-state index in [2.05, 4.69) is 120 Å². The predicted octanol–water partition coefficient (Wildman–Crippen LogP) is 8.16. The standard InChI is InChI=1S/C22H38N4O5S.C8H11N.C8H10.C7H8.C2H6/c1-14(2)6-8-16(20(29)22(5)12-31-22)25-19(28)11-24-21(30)17(9-7-15(3)4)26-18(27)10-23-13-32;1-7-3-5-8(9-2)6-4-7;1-2-8-6-4-3-5-7-8;1-7-5-3-2-4-6-7;1-2/h13-17H,6-12H2,1-5H3,(H,23,32)(H,24,30)(H,25,28)(H,26,27);3-6,9H,1-2H3;3-7H,2H2,1H3;2-6H,1H3;1-2H3/t16-,17-,22?;;;;/m0..../s1. The molecule has 0 spiro atoms. The maximum Gasteiger partial charge on any atom is 0.243 e. The van der Waals surface area contributed by atoms with Gasteiger partial charge >= 0.3 is 0 Å². The van der Waals surface area contributed by atoms with E-state index in [4.69, 9.17) is 4.74 Å². The molecule has 1 heterocycles. The summed E-state index contributed by atoms with van der Waals surface area (Å²) in [6, 6.07) is 27.6. The average Bonchev–Trinajstić information content (AvgIpc) is 3.99. The molecule has 1 saturated heterocycles. The van der Waals surface area contributed by atoms with Crippen molar-refractivity contribution in [1.29, 1.82) is 0 Å². The fraction of sp³-hybridized carbons (Fsp3) is 0.511. The van der Waals surface area contributed by atoms with Crippen LogP contribution in [0.4, 0.5) is 5.69 Å². The van der Waals surface area contributed by atoms with Gasteiger partial charge in [0.2, 0.25) is 17.7 Å². The van der Waals surface area contributed by atoms with Crippen LogP contribution >= 0.6 is 12.2 Å². The highest BCUT2D eigenvalue weighted by atomic mass is 32.1. The van der Waals surface area contributed by atoms with Crippen LogP contribution in [-0.4, -0.2) is 73.4 Å². The summed E-state index contributed by atoms with van der Waals surface area (Å²) in [6.45, 7) is 20.2. The van der Waals surface area contributed by atoms with Crippen LogP contribution in [-0.2, 0) is 30.3 Å². The zero-order valence-corrected chi connectivity index (χ0v) is 37.9. The molecule has 3 aromatic carbocycles. The fourth-order valence-corrected chi connectivity index (χ4v) is 5.12. The zero-order valence-electron chi connectivity index (χ0n) is 37.1. The molecule has 10 nitrogen and oxygen atoms in total. The lowest BCUT2D eigenvalue weighted by molar-refractivity contribution is -0.132. The number of benzene rings is 3. The molecule has 3 atom stereocenters. The Labute approximate surface area is 355 Å². The number of Topliss-reactive ketones (excluding diaryl/α,β-unsaturated/α-hetero) is 1. The highest BCUT2D eigenvalue weighted by Gasteiger charge is 2.49. The minimum absolute atomic E-state index is 0.0318. The van der Waals surface area contributed by atoms with Crippen molar-refractivity contribution in [2.24, 2.45) is 11.8 Å². The van der Waals surface area contributed by atoms with Crippen molar-refractivity contribution in [3.63, 3.8) is 0 Å². The SMILES string of the molecule is CC.CC(C)CC[C@H](NC(=O)CNC=S)C(=O)NCC(=O)N[C@@H](CCC(C)C)C(=O)C1(C)CO1.CCc1ccccc1.CNc1ccc(C)cc1.Cc1ccccc1. The first-order valence-corrected chi connectivity index (χ1v) is 21.1. The Hall–Kier alpha value is -4.61. The Kier molecular flexibility index (Phi) is 28.9. The van der Waals surface area contributed by atoms with Crippen LogP contribution in [0.3, 0.4) is 0 Å². The predicted molar refractivity (Wildman–Crippen MR) is 245 cm³/mol. The first kappa shape index (κ1) is 53.4. The second kappa shape index (κ2) is 31.4. The lowest BCUT2D eigenvalue weighted by Crippen LogP contribution is -2.52. The number of hydrogen-bond donors (Lipinski definition) is 5. The van der Waals surface area contributed by atoms with E-state index in [1.165, 1.54) is 27.9 Å². The normalized spacial score (nSPS) is 14.4. The third-order valence-electron chi connectivity index (χ3n) is 8.77. The molecule has 0 aliphatic carbocycles. The Morgan fingerprint density at radius 3 is 1.60 bits per heavy atom. The summed E-state index contributed by atoms with van der Waals surface area (Å²) in [5.41, 5.74) is 5.60. The van der Waals surface area contributed by atoms with E-state index in [0.29, 0.717) is 31.3 Å². The van der Waals surface area contributed by atoms with Gasteiger partial charge < -0.3 is 31.3 Å². The van der Waals surface area contributed by atoms with E-state index in [9.17, 15) is 19.2 Å². The Morgan fingerprint density at radius 2 is 1.19 bits per heavy atom. The third-order valence-corrected chi connectivity index (χ3v) is 8.93. The number of carbonyl (C=O) groups excluding carboxylic acids is 4. The maximum atomic E-state index is 12.7. The summed E-state index contributed by atoms with van der Waals surface area (Å²) in [4.78, 5) is 49.8. The first-order valence-electron chi connectivity index (χ1n) is 20.7. The van der Waals surface area contributed by atoms with Crippen LogP contribution in [0, 0.1) is 25.7 Å². The van der Waals surface area contributed by atoms with E-state index >= 15 is 0 Å². The van der Waals surface area contributed by atoms with Gasteiger partial charge in [0.15, 0.2) is 5.78 Å². The molecule has 1 fully saturated rings. The second-order valence-electron chi connectivity index (χ2n) is 14.9. The molecule has 3 amide bonds. The molecule has 0 aromatic heterocycles. The highest BCUT2D eigenvalue weighted by Crippen LogP contribution is 2.29. The molecule has 0 bridgehead atoms. The molecule has 3 aromatic rings. The lowest BCUT2D eigenvalue weighted by Gasteiger charge is -2.22. The average molecular weight is 820 g/mol. The number of aryl methyl sites for hydroxylation is 3. The smallest absolute Gasteiger partial charge is 0.243 e. The number of carbonyl (C=O) groups is 4. The van der Waals surface area contributed by atoms with E-state index in [-0.39, 0.29) is 24.8 Å². The number of rotatable bonds is 18. The van der Waals surface area contributed by atoms with Gasteiger partial charge in [0.25, 0.3) is 0 Å². The van der Waals surface area contributed by atoms with Gasteiger partial charge in [-0.15, -0.1) is 0 Å². The molecule has 322 valence electrons. The van der Waals surface area contributed by atoms with Gasteiger partial charge in [-0.1, -0.05) is 145 Å². The summed E-state index contributed by atoms with van der Waals surface area (Å²) in [5.74, 6) is -0.682. The van der Waals surface area contributed by atoms with Crippen molar-refractivity contribution in [3.05, 3.63) is 102 Å². The number of thiocarbonyl (C=S) groups is 1. The van der Waals surface area contributed by atoms with Gasteiger partial charge in [0.1, 0.15) is 11.6 Å². The highest BCUT2D eigenvalue weighted by molar-refractivity contribution is 7.78. The van der Waals surface area contributed by atoms with Crippen molar-refractivity contribution < 1.29 is 23.9 Å². The van der Waals surface area contributed by atoms with E-state index in [1.807, 2.05) is 72.9 Å². The molecule has 58 heavy (non-hydrogen) atoms. The molecule has 4 rings (SSSR count). The summed E-state index contributed by atoms with van der Waals surface area (Å²) < 4.78 is 5.24. The molecule has 0 radical (unpaired) electrons. The van der Waals surface area contributed by atoms with Gasteiger partial charge in [-0.05, 0) is 82.4 Å². The number of amides is 3. The second-order valence-corrected chi connectivity index (χ2v) is 15.1. The van der Waals surface area contributed by atoms with E-state index < -0.39 is 29.5 Å². The number of epoxide rings is 1. The zero-order chi connectivity index (χ0) is 43.9. The molecule has 5 N–H and O–H groups in total. The summed E-state index contributed by atoms with van der Waals surface area (Å²) in [6.07, 6.45) is 3.60. The van der Waals surface area contributed by atoms with Gasteiger partial charge in [-0.25, -0.2) is 0 Å². The van der Waals surface area contributed by atoms with Crippen LogP contribution in [0.15, 0.2) is 84.9 Å². The Bertz CT molecular complexity index is 1570. The first-order chi connectivity index (χ1) is 27.6. The quantitative estimate of drug-likeness (QED) is 0.0640. The van der Waals surface area contributed by atoms with Crippen molar-refractivity contribution >= 4 is 46.9 Å². The van der Waals surface area contributed by atoms with Crippen molar-refractivity contribution in [3.8, 4) is 0 Å². The number of nitrogens with one attached hydrogen (secondary N) is 5. The number of hydrogen-bond acceptors (Lipinski definition) is 7. The maximum absolute atomic E-state index is 12.7. The molecule has 1 aliphatic heterocycles. The summed E-state index contributed by atoms with van der Waals surface area (Å²) in [7, 11) is 1.92. The van der Waals surface area contributed by atoms with E-state index in [0.717, 1.165) is 19.3 Å². The van der Waals surface area contributed by atoms with Gasteiger partial charge in [-0.2, -0.15) is 0 Å². The van der Waals surface area contributed by atoms with Crippen LogP contribution < -0.4 is 26.6 Å². The minimum Gasteiger partial charge on any atom is -0.388 e. The van der Waals surface area contributed by atoms with Gasteiger partial charge in [0, 0.05) is 12.7 Å². The molecular formula is C47H73N5O5S.